The number of anilines is 1. The summed E-state index contributed by atoms with van der Waals surface area (Å²) in [6.45, 7) is 4.18. The predicted molar refractivity (Wildman–Crippen MR) is 83.6 cm³/mol. The van der Waals surface area contributed by atoms with Gasteiger partial charge in [0.2, 0.25) is 0 Å². The van der Waals surface area contributed by atoms with E-state index in [1.54, 1.807) is 30.5 Å². The summed E-state index contributed by atoms with van der Waals surface area (Å²) >= 11 is 0. The number of hydrogen-bond donors (Lipinski definition) is 2. The Bertz CT molecular complexity index is 812. The van der Waals surface area contributed by atoms with Gasteiger partial charge in [0.05, 0.1) is 35.2 Å². The lowest BCUT2D eigenvalue weighted by Crippen LogP contribution is -2.27. The second-order valence-corrected chi connectivity index (χ2v) is 4.98. The molecule has 2 amide bonds. The molecule has 0 aliphatic carbocycles. The maximum Gasteiger partial charge on any atom is 0.319 e. The molecule has 3 rings (SSSR count). The van der Waals surface area contributed by atoms with Gasteiger partial charge < -0.3 is 15.1 Å². The second kappa shape index (κ2) is 5.85. The molecule has 6 nitrogen and oxygen atoms in total. The summed E-state index contributed by atoms with van der Waals surface area (Å²) in [5, 5.41) is 5.49. The van der Waals surface area contributed by atoms with Crippen LogP contribution in [-0.2, 0) is 6.54 Å². The molecule has 0 unspecified atom stereocenters. The molecular weight excluding hydrogens is 280 g/mol. The molecule has 0 spiro atoms. The standard InChI is InChI=1S/C16H16N4O2/c1-10-11(2)19-15-8-12(5-6-14(15)18-10)20-16(21)17-9-13-4-3-7-22-13/h3-8H,9H2,1-2H3,(H2,17,20,21). The normalized spacial score (nSPS) is 10.6. The number of amides is 2. The number of benzene rings is 1. The van der Waals surface area contributed by atoms with E-state index in [1.807, 2.05) is 19.9 Å². The van der Waals surface area contributed by atoms with Gasteiger partial charge in [0.1, 0.15) is 5.76 Å². The lowest BCUT2D eigenvalue weighted by molar-refractivity contribution is 0.251. The maximum absolute atomic E-state index is 11.9. The van der Waals surface area contributed by atoms with E-state index < -0.39 is 0 Å². The first-order valence-electron chi connectivity index (χ1n) is 6.94. The average molecular weight is 296 g/mol. The molecule has 2 heterocycles. The lowest BCUT2D eigenvalue weighted by atomic mass is 10.2. The molecule has 0 aliphatic heterocycles. The molecule has 6 heteroatoms. The molecule has 0 saturated carbocycles. The fraction of sp³-hybridized carbons (Fsp3) is 0.188. The molecule has 0 saturated heterocycles. The summed E-state index contributed by atoms with van der Waals surface area (Å²) in [6, 6.07) is 8.74. The van der Waals surface area contributed by atoms with E-state index in [1.165, 1.54) is 0 Å². The third-order valence-corrected chi connectivity index (χ3v) is 3.34. The number of nitrogens with zero attached hydrogens (tertiary/aromatic N) is 2. The Kier molecular flexibility index (Phi) is 3.74. The van der Waals surface area contributed by atoms with E-state index in [4.69, 9.17) is 4.42 Å². The Labute approximate surface area is 127 Å². The minimum atomic E-state index is -0.299. The van der Waals surface area contributed by atoms with Crippen LogP contribution in [0.2, 0.25) is 0 Å². The van der Waals surface area contributed by atoms with Gasteiger partial charge in [-0.15, -0.1) is 0 Å². The molecule has 2 aromatic heterocycles. The number of hydrogen-bond acceptors (Lipinski definition) is 4. The SMILES string of the molecule is Cc1nc2ccc(NC(=O)NCc3ccco3)cc2nc1C. The van der Waals surface area contributed by atoms with Crippen molar-refractivity contribution in [2.45, 2.75) is 20.4 Å². The van der Waals surface area contributed by atoms with E-state index in [-0.39, 0.29) is 6.03 Å². The Hall–Kier alpha value is -2.89. The zero-order valence-electron chi connectivity index (χ0n) is 12.4. The number of carbonyl (C=O) groups is 1. The van der Waals surface area contributed by atoms with Crippen molar-refractivity contribution in [2.75, 3.05) is 5.32 Å². The summed E-state index contributed by atoms with van der Waals surface area (Å²) in [6.07, 6.45) is 1.57. The average Bonchev–Trinajstić information content (AvgIpc) is 3.00. The first-order valence-corrected chi connectivity index (χ1v) is 6.94. The highest BCUT2D eigenvalue weighted by Gasteiger charge is 2.06. The van der Waals surface area contributed by atoms with Gasteiger partial charge >= 0.3 is 6.03 Å². The van der Waals surface area contributed by atoms with Gasteiger partial charge in [0.15, 0.2) is 0 Å². The number of rotatable bonds is 3. The van der Waals surface area contributed by atoms with Gasteiger partial charge in [-0.2, -0.15) is 0 Å². The molecular formula is C16H16N4O2. The van der Waals surface area contributed by atoms with E-state index >= 15 is 0 Å². The van der Waals surface area contributed by atoms with Crippen LogP contribution in [0.15, 0.2) is 41.0 Å². The van der Waals surface area contributed by atoms with Crippen molar-refractivity contribution in [1.82, 2.24) is 15.3 Å². The van der Waals surface area contributed by atoms with Gasteiger partial charge in [-0.25, -0.2) is 14.8 Å². The van der Waals surface area contributed by atoms with Crippen molar-refractivity contribution in [3.05, 3.63) is 53.7 Å². The molecule has 0 radical (unpaired) electrons. The van der Waals surface area contributed by atoms with Crippen LogP contribution in [0.1, 0.15) is 17.1 Å². The van der Waals surface area contributed by atoms with Gasteiger partial charge in [-0.05, 0) is 44.2 Å². The largest absolute Gasteiger partial charge is 0.467 e. The van der Waals surface area contributed by atoms with Crippen LogP contribution in [0.5, 0.6) is 0 Å². The summed E-state index contributed by atoms with van der Waals surface area (Å²) in [5.74, 6) is 0.700. The molecule has 22 heavy (non-hydrogen) atoms. The summed E-state index contributed by atoms with van der Waals surface area (Å²) in [4.78, 5) is 20.8. The highest BCUT2D eigenvalue weighted by Crippen LogP contribution is 2.17. The number of carbonyl (C=O) groups excluding carboxylic acids is 1. The van der Waals surface area contributed by atoms with Crippen LogP contribution in [0.25, 0.3) is 11.0 Å². The van der Waals surface area contributed by atoms with E-state index in [0.29, 0.717) is 18.0 Å². The highest BCUT2D eigenvalue weighted by atomic mass is 16.3. The van der Waals surface area contributed by atoms with E-state index in [9.17, 15) is 4.79 Å². The predicted octanol–water partition coefficient (Wildman–Crippen LogP) is 3.16. The zero-order valence-corrected chi connectivity index (χ0v) is 12.4. The van der Waals surface area contributed by atoms with Gasteiger partial charge in [0, 0.05) is 5.69 Å². The minimum absolute atomic E-state index is 0.299. The van der Waals surface area contributed by atoms with E-state index in [2.05, 4.69) is 20.6 Å². The Morgan fingerprint density at radius 1 is 1.14 bits per heavy atom. The summed E-state index contributed by atoms with van der Waals surface area (Å²) < 4.78 is 5.16. The van der Waals surface area contributed by atoms with Crippen molar-refractivity contribution in [3.8, 4) is 0 Å². The number of nitrogens with one attached hydrogen (secondary N) is 2. The summed E-state index contributed by atoms with van der Waals surface area (Å²) in [5.41, 5.74) is 4.02. The molecule has 0 atom stereocenters. The van der Waals surface area contributed by atoms with Crippen molar-refractivity contribution < 1.29 is 9.21 Å². The Morgan fingerprint density at radius 3 is 2.64 bits per heavy atom. The topological polar surface area (TPSA) is 80.0 Å². The molecule has 1 aromatic carbocycles. The number of fused-ring (bicyclic) bond motifs is 1. The van der Waals surface area contributed by atoms with Crippen molar-refractivity contribution >= 4 is 22.8 Å². The Morgan fingerprint density at radius 2 is 1.91 bits per heavy atom. The minimum Gasteiger partial charge on any atom is -0.467 e. The van der Waals surface area contributed by atoms with Crippen LogP contribution in [0, 0.1) is 13.8 Å². The molecule has 0 fully saturated rings. The number of aryl methyl sites for hydroxylation is 2. The quantitative estimate of drug-likeness (QED) is 0.778. The number of furan rings is 1. The first-order chi connectivity index (χ1) is 10.6. The third kappa shape index (κ3) is 3.06. The maximum atomic E-state index is 11.9. The molecule has 112 valence electrons. The highest BCUT2D eigenvalue weighted by molar-refractivity contribution is 5.91. The van der Waals surface area contributed by atoms with Crippen molar-refractivity contribution in [3.63, 3.8) is 0 Å². The van der Waals surface area contributed by atoms with Gasteiger partial charge in [0.25, 0.3) is 0 Å². The number of urea groups is 1. The molecule has 2 N–H and O–H groups in total. The lowest BCUT2D eigenvalue weighted by Gasteiger charge is -2.08. The second-order valence-electron chi connectivity index (χ2n) is 4.98. The summed E-state index contributed by atoms with van der Waals surface area (Å²) in [7, 11) is 0. The first kappa shape index (κ1) is 14.1. The van der Waals surface area contributed by atoms with Crippen LogP contribution < -0.4 is 10.6 Å². The van der Waals surface area contributed by atoms with Gasteiger partial charge in [-0.1, -0.05) is 0 Å². The number of aromatic nitrogens is 2. The smallest absolute Gasteiger partial charge is 0.319 e. The van der Waals surface area contributed by atoms with Crippen LogP contribution >= 0.6 is 0 Å². The molecule has 0 bridgehead atoms. The van der Waals surface area contributed by atoms with Crippen LogP contribution in [0.4, 0.5) is 10.5 Å². The van der Waals surface area contributed by atoms with Crippen LogP contribution in [0.3, 0.4) is 0 Å². The fourth-order valence-electron chi connectivity index (χ4n) is 2.06. The third-order valence-electron chi connectivity index (χ3n) is 3.34. The Balaban J connectivity index is 1.70. The monoisotopic (exact) mass is 296 g/mol. The van der Waals surface area contributed by atoms with Crippen molar-refractivity contribution in [2.24, 2.45) is 0 Å². The molecule has 0 aliphatic rings. The molecule has 3 aromatic rings. The van der Waals surface area contributed by atoms with Gasteiger partial charge in [-0.3, -0.25) is 0 Å². The van der Waals surface area contributed by atoms with Crippen molar-refractivity contribution in [1.29, 1.82) is 0 Å². The zero-order chi connectivity index (χ0) is 15.5. The van der Waals surface area contributed by atoms with E-state index in [0.717, 1.165) is 22.4 Å². The fourth-order valence-corrected chi connectivity index (χ4v) is 2.06. The van der Waals surface area contributed by atoms with Crippen LogP contribution in [-0.4, -0.2) is 16.0 Å².